The van der Waals surface area contributed by atoms with Gasteiger partial charge in [0.05, 0.1) is 5.75 Å². The Morgan fingerprint density at radius 2 is 1.69 bits per heavy atom. The molecule has 1 amide bonds. The van der Waals surface area contributed by atoms with Crippen molar-refractivity contribution in [1.82, 2.24) is 10.2 Å². The fourth-order valence-corrected chi connectivity index (χ4v) is 3.78. The van der Waals surface area contributed by atoms with Crippen LogP contribution in [0.25, 0.3) is 0 Å². The topological polar surface area (TPSA) is 66.9 Å². The molecule has 2 rings (SSSR count). The molecule has 29 heavy (non-hydrogen) atoms. The summed E-state index contributed by atoms with van der Waals surface area (Å²) in [6.45, 7) is 5.04. The summed E-state index contributed by atoms with van der Waals surface area (Å²) < 4.78 is 66.9. The molecule has 0 bridgehead atoms. The van der Waals surface area contributed by atoms with Gasteiger partial charge in [0.15, 0.2) is 27.6 Å². The van der Waals surface area contributed by atoms with E-state index in [4.69, 9.17) is 0 Å². The van der Waals surface area contributed by atoms with Crippen molar-refractivity contribution >= 4 is 39.8 Å². The maximum atomic E-state index is 13.6. The second-order valence-electron chi connectivity index (χ2n) is 6.24. The number of nitrogens with zero attached hydrogens (tertiary/aromatic N) is 2. The molecule has 0 radical (unpaired) electrons. The molecule has 0 aliphatic heterocycles. The summed E-state index contributed by atoms with van der Waals surface area (Å²) in [6.07, 6.45) is 3.18. The first-order chi connectivity index (χ1) is 13.7. The van der Waals surface area contributed by atoms with Crippen molar-refractivity contribution in [2.24, 2.45) is 5.92 Å². The largest absolute Gasteiger partial charge is 0.360 e. The average Bonchev–Trinajstić information content (AvgIpc) is 3.17. The molecule has 0 fully saturated rings. The van der Waals surface area contributed by atoms with Crippen LogP contribution in [0.3, 0.4) is 0 Å². The van der Waals surface area contributed by atoms with Crippen LogP contribution in [0.2, 0.25) is 0 Å². The van der Waals surface area contributed by atoms with Crippen molar-refractivity contribution in [3.63, 3.8) is 0 Å². The Balaban J connectivity index is 1.86. The lowest BCUT2D eigenvalue weighted by Gasteiger charge is -2.09. The first kappa shape index (κ1) is 23.3. The molecule has 5 nitrogen and oxygen atoms in total. The van der Waals surface area contributed by atoms with E-state index in [1.54, 1.807) is 5.32 Å². The lowest BCUT2D eigenvalue weighted by atomic mass is 10.0. The Morgan fingerprint density at radius 3 is 2.31 bits per heavy atom. The standard InChI is InChI=1S/C17H19F5N4OS2/c1-3-8(2)5-4-6-23-16-25-26-17(29-16)28-7-9(27)24-15-13(21)11(19)10(18)12(20)14(15)22/h8H,3-7H2,1-2H3,(H,23,25)(H,24,27)/t8-/m0/s1. The molecular weight excluding hydrogens is 435 g/mol. The molecular formula is C17H19F5N4OS2. The summed E-state index contributed by atoms with van der Waals surface area (Å²) in [5, 5.41) is 13.2. The molecule has 1 heterocycles. The zero-order valence-corrected chi connectivity index (χ0v) is 17.3. The summed E-state index contributed by atoms with van der Waals surface area (Å²) in [5.41, 5.74) is -1.38. The third kappa shape index (κ3) is 6.26. The summed E-state index contributed by atoms with van der Waals surface area (Å²) in [7, 11) is 0. The van der Waals surface area contributed by atoms with Gasteiger partial charge in [-0.15, -0.1) is 10.2 Å². The van der Waals surface area contributed by atoms with E-state index in [1.165, 1.54) is 11.3 Å². The first-order valence-electron chi connectivity index (χ1n) is 8.76. The maximum Gasteiger partial charge on any atom is 0.234 e. The van der Waals surface area contributed by atoms with Crippen molar-refractivity contribution in [3.05, 3.63) is 29.1 Å². The molecule has 1 aromatic carbocycles. The molecule has 160 valence electrons. The molecule has 12 heteroatoms. The van der Waals surface area contributed by atoms with Gasteiger partial charge in [-0.3, -0.25) is 4.79 Å². The Bertz CT molecular complexity index is 836. The molecule has 0 aliphatic rings. The van der Waals surface area contributed by atoms with E-state index in [-0.39, 0.29) is 5.75 Å². The number of aromatic nitrogens is 2. The number of halogens is 5. The van der Waals surface area contributed by atoms with Gasteiger partial charge in [-0.05, 0) is 18.8 Å². The number of hydrogen-bond acceptors (Lipinski definition) is 6. The van der Waals surface area contributed by atoms with Gasteiger partial charge < -0.3 is 10.6 Å². The van der Waals surface area contributed by atoms with Gasteiger partial charge in [0, 0.05) is 6.54 Å². The number of hydrogen-bond donors (Lipinski definition) is 2. The SMILES string of the molecule is CC[C@H](C)CCCNc1nnc(SCC(=O)Nc2c(F)c(F)c(F)c(F)c2F)s1. The van der Waals surface area contributed by atoms with Gasteiger partial charge in [0.25, 0.3) is 0 Å². The molecule has 1 atom stereocenters. The van der Waals surface area contributed by atoms with Gasteiger partial charge >= 0.3 is 0 Å². The van der Waals surface area contributed by atoms with Crippen molar-refractivity contribution in [1.29, 1.82) is 0 Å². The van der Waals surface area contributed by atoms with E-state index in [1.807, 2.05) is 0 Å². The van der Waals surface area contributed by atoms with E-state index in [9.17, 15) is 26.7 Å². The second-order valence-corrected chi connectivity index (χ2v) is 8.44. The lowest BCUT2D eigenvalue weighted by molar-refractivity contribution is -0.113. The molecule has 0 saturated heterocycles. The van der Waals surface area contributed by atoms with Crippen LogP contribution in [0.5, 0.6) is 0 Å². The van der Waals surface area contributed by atoms with Crippen LogP contribution < -0.4 is 10.6 Å². The fraction of sp³-hybridized carbons (Fsp3) is 0.471. The van der Waals surface area contributed by atoms with Crippen molar-refractivity contribution in [2.45, 2.75) is 37.4 Å². The smallest absolute Gasteiger partial charge is 0.234 e. The third-order valence-corrected chi connectivity index (χ3v) is 6.07. The maximum absolute atomic E-state index is 13.6. The van der Waals surface area contributed by atoms with Crippen molar-refractivity contribution < 1.29 is 26.7 Å². The van der Waals surface area contributed by atoms with E-state index < -0.39 is 40.7 Å². The Morgan fingerprint density at radius 1 is 1.07 bits per heavy atom. The predicted octanol–water partition coefficient (Wildman–Crippen LogP) is 5.20. The number of benzene rings is 1. The summed E-state index contributed by atoms with van der Waals surface area (Å²) in [6, 6.07) is 0. The van der Waals surface area contributed by atoms with Crippen molar-refractivity contribution in [2.75, 3.05) is 22.9 Å². The third-order valence-electron chi connectivity index (χ3n) is 4.05. The Labute approximate surface area is 172 Å². The Hall–Kier alpha value is -1.95. The monoisotopic (exact) mass is 454 g/mol. The van der Waals surface area contributed by atoms with Crippen LogP contribution in [-0.2, 0) is 4.79 Å². The van der Waals surface area contributed by atoms with E-state index in [2.05, 4.69) is 29.4 Å². The Kier molecular flexibility index (Phi) is 8.62. The van der Waals surface area contributed by atoms with Gasteiger partial charge in [-0.2, -0.15) is 0 Å². The fourth-order valence-electron chi connectivity index (χ4n) is 2.21. The minimum absolute atomic E-state index is 0.345. The summed E-state index contributed by atoms with van der Waals surface area (Å²) in [5.74, 6) is -11.4. The van der Waals surface area contributed by atoms with E-state index in [0.717, 1.165) is 37.6 Å². The van der Waals surface area contributed by atoms with E-state index >= 15 is 0 Å². The highest BCUT2D eigenvalue weighted by molar-refractivity contribution is 8.01. The van der Waals surface area contributed by atoms with Gasteiger partial charge in [0.1, 0.15) is 5.69 Å². The highest BCUT2D eigenvalue weighted by Gasteiger charge is 2.26. The number of thioether (sulfide) groups is 1. The van der Waals surface area contributed by atoms with Crippen LogP contribution in [0.1, 0.15) is 33.1 Å². The van der Waals surface area contributed by atoms with Crippen LogP contribution in [0.15, 0.2) is 4.34 Å². The minimum atomic E-state index is -2.29. The molecule has 0 spiro atoms. The van der Waals surface area contributed by atoms with Gasteiger partial charge in [-0.25, -0.2) is 22.0 Å². The zero-order valence-electron chi connectivity index (χ0n) is 15.6. The lowest BCUT2D eigenvalue weighted by Crippen LogP contribution is -2.18. The molecule has 2 aromatic rings. The second kappa shape index (κ2) is 10.7. The molecule has 0 aliphatic carbocycles. The quantitative estimate of drug-likeness (QED) is 0.170. The average molecular weight is 454 g/mol. The number of rotatable bonds is 10. The normalized spacial score (nSPS) is 12.1. The van der Waals surface area contributed by atoms with E-state index in [0.29, 0.717) is 15.4 Å². The van der Waals surface area contributed by atoms with Crippen LogP contribution >= 0.6 is 23.1 Å². The number of anilines is 2. The number of carbonyl (C=O) groups excluding carboxylic acids is 1. The molecule has 2 N–H and O–H groups in total. The molecule has 0 unspecified atom stereocenters. The number of nitrogens with one attached hydrogen (secondary N) is 2. The van der Waals surface area contributed by atoms with Crippen LogP contribution in [0, 0.1) is 35.0 Å². The molecule has 1 aromatic heterocycles. The summed E-state index contributed by atoms with van der Waals surface area (Å²) >= 11 is 2.12. The van der Waals surface area contributed by atoms with Crippen LogP contribution in [0.4, 0.5) is 32.8 Å². The highest BCUT2D eigenvalue weighted by Crippen LogP contribution is 2.29. The van der Waals surface area contributed by atoms with Crippen molar-refractivity contribution in [3.8, 4) is 0 Å². The predicted molar refractivity (Wildman–Crippen MR) is 103 cm³/mol. The van der Waals surface area contributed by atoms with Crippen LogP contribution in [-0.4, -0.2) is 28.4 Å². The highest BCUT2D eigenvalue weighted by atomic mass is 32.2. The zero-order chi connectivity index (χ0) is 21.6. The number of carbonyl (C=O) groups is 1. The van der Waals surface area contributed by atoms with Gasteiger partial charge in [-0.1, -0.05) is 43.4 Å². The number of amides is 1. The molecule has 0 saturated carbocycles. The first-order valence-corrected chi connectivity index (χ1v) is 10.6. The van der Waals surface area contributed by atoms with Gasteiger partial charge in [0.2, 0.25) is 16.9 Å². The summed E-state index contributed by atoms with van der Waals surface area (Å²) in [4.78, 5) is 11.8. The minimum Gasteiger partial charge on any atom is -0.360 e.